The second kappa shape index (κ2) is 7.19. The summed E-state index contributed by atoms with van der Waals surface area (Å²) >= 11 is 1.67. The first-order valence-electron chi connectivity index (χ1n) is 5.56. The molecule has 5 heteroatoms. The molecule has 0 aliphatic carbocycles. The van der Waals surface area contributed by atoms with Crippen LogP contribution in [0, 0.1) is 0 Å². The van der Waals surface area contributed by atoms with Crippen molar-refractivity contribution in [3.05, 3.63) is 18.2 Å². The maximum absolute atomic E-state index is 10.5. The molecule has 0 atom stereocenters. The number of methoxy groups -OCH3 is 1. The molecular formula is C12H18N2O2S. The predicted octanol–water partition coefficient (Wildman–Crippen LogP) is 2.61. The molecule has 1 rings (SSSR count). The van der Waals surface area contributed by atoms with Crippen LogP contribution in [0.2, 0.25) is 0 Å². The second-order valence-corrected chi connectivity index (χ2v) is 4.50. The summed E-state index contributed by atoms with van der Waals surface area (Å²) in [6.45, 7) is 6.18. The predicted molar refractivity (Wildman–Crippen MR) is 71.5 cm³/mol. The van der Waals surface area contributed by atoms with Crippen molar-refractivity contribution in [1.29, 1.82) is 0 Å². The molecule has 1 amide bonds. The maximum atomic E-state index is 10.5. The van der Waals surface area contributed by atoms with Gasteiger partial charge in [0.05, 0.1) is 12.8 Å². The molecule has 1 aromatic rings. The summed E-state index contributed by atoms with van der Waals surface area (Å²) in [5, 5.41) is 2.64. The fourth-order valence-electron chi connectivity index (χ4n) is 1.42. The molecule has 0 aromatic heterocycles. The molecule has 1 N–H and O–H groups in total. The summed E-state index contributed by atoms with van der Waals surface area (Å²) in [5.41, 5.74) is 0.694. The Labute approximate surface area is 106 Å². The Hall–Kier alpha value is -1.20. The van der Waals surface area contributed by atoms with Crippen molar-refractivity contribution in [3.63, 3.8) is 0 Å². The minimum Gasteiger partial charge on any atom is -0.495 e. The SMILES string of the molecule is CCN(CC)Sc1ccc(OC)c(NC=O)c1. The Balaban J connectivity index is 2.87. The van der Waals surface area contributed by atoms with E-state index in [4.69, 9.17) is 4.74 Å². The number of amides is 1. The van der Waals surface area contributed by atoms with Crippen molar-refractivity contribution in [3.8, 4) is 5.75 Å². The smallest absolute Gasteiger partial charge is 0.211 e. The van der Waals surface area contributed by atoms with E-state index in [0.717, 1.165) is 18.0 Å². The summed E-state index contributed by atoms with van der Waals surface area (Å²) < 4.78 is 7.39. The van der Waals surface area contributed by atoms with Gasteiger partial charge in [0.2, 0.25) is 6.41 Å². The number of carbonyl (C=O) groups excluding carboxylic acids is 1. The van der Waals surface area contributed by atoms with Crippen molar-refractivity contribution in [2.75, 3.05) is 25.5 Å². The van der Waals surface area contributed by atoms with Crippen LogP contribution in [0.3, 0.4) is 0 Å². The first-order valence-corrected chi connectivity index (χ1v) is 6.33. The van der Waals surface area contributed by atoms with E-state index in [1.54, 1.807) is 19.1 Å². The molecule has 17 heavy (non-hydrogen) atoms. The fraction of sp³-hybridized carbons (Fsp3) is 0.417. The number of benzene rings is 1. The van der Waals surface area contributed by atoms with Gasteiger partial charge in [-0.1, -0.05) is 13.8 Å². The highest BCUT2D eigenvalue weighted by Gasteiger charge is 2.07. The minimum absolute atomic E-state index is 0.656. The Bertz CT molecular complexity index is 368. The molecule has 0 bridgehead atoms. The number of hydrogen-bond acceptors (Lipinski definition) is 4. The third-order valence-corrected chi connectivity index (χ3v) is 3.56. The lowest BCUT2D eigenvalue weighted by atomic mass is 10.3. The Morgan fingerprint density at radius 1 is 1.41 bits per heavy atom. The van der Waals surface area contributed by atoms with E-state index in [2.05, 4.69) is 23.5 Å². The lowest BCUT2D eigenvalue weighted by molar-refractivity contribution is -0.105. The number of ether oxygens (including phenoxy) is 1. The average molecular weight is 254 g/mol. The zero-order valence-corrected chi connectivity index (χ0v) is 11.2. The van der Waals surface area contributed by atoms with Crippen LogP contribution in [0.25, 0.3) is 0 Å². The summed E-state index contributed by atoms with van der Waals surface area (Å²) in [4.78, 5) is 11.6. The van der Waals surface area contributed by atoms with Gasteiger partial charge < -0.3 is 10.1 Å². The van der Waals surface area contributed by atoms with Crippen molar-refractivity contribution >= 4 is 24.0 Å². The van der Waals surface area contributed by atoms with Crippen LogP contribution in [-0.2, 0) is 4.79 Å². The summed E-state index contributed by atoms with van der Waals surface area (Å²) in [7, 11) is 1.59. The normalized spacial score (nSPS) is 10.4. The lowest BCUT2D eigenvalue weighted by Gasteiger charge is -2.17. The monoisotopic (exact) mass is 254 g/mol. The third-order valence-electron chi connectivity index (χ3n) is 2.33. The topological polar surface area (TPSA) is 41.6 Å². The van der Waals surface area contributed by atoms with E-state index in [-0.39, 0.29) is 0 Å². The lowest BCUT2D eigenvalue weighted by Crippen LogP contribution is -2.13. The van der Waals surface area contributed by atoms with Crippen molar-refractivity contribution in [1.82, 2.24) is 4.31 Å². The van der Waals surface area contributed by atoms with Crippen LogP contribution in [0.1, 0.15) is 13.8 Å². The first kappa shape index (κ1) is 13.9. The van der Waals surface area contributed by atoms with E-state index in [1.807, 2.05) is 18.2 Å². The summed E-state index contributed by atoms with van der Waals surface area (Å²) in [6.07, 6.45) is 0.656. The van der Waals surface area contributed by atoms with Gasteiger partial charge in [-0.05, 0) is 30.1 Å². The summed E-state index contributed by atoms with van der Waals surface area (Å²) in [5.74, 6) is 0.668. The highest BCUT2D eigenvalue weighted by molar-refractivity contribution is 7.97. The van der Waals surface area contributed by atoms with Gasteiger partial charge in [0, 0.05) is 18.0 Å². The van der Waals surface area contributed by atoms with Gasteiger partial charge in [-0.2, -0.15) is 0 Å². The first-order chi connectivity index (χ1) is 8.24. The van der Waals surface area contributed by atoms with Gasteiger partial charge in [0.15, 0.2) is 0 Å². The molecule has 94 valence electrons. The maximum Gasteiger partial charge on any atom is 0.211 e. The van der Waals surface area contributed by atoms with Crippen LogP contribution < -0.4 is 10.1 Å². The zero-order chi connectivity index (χ0) is 12.7. The molecule has 0 saturated heterocycles. The molecule has 0 heterocycles. The number of nitrogens with zero attached hydrogens (tertiary/aromatic N) is 1. The molecule has 1 aromatic carbocycles. The third kappa shape index (κ3) is 3.94. The molecule has 0 aliphatic rings. The standard InChI is InChI=1S/C12H18N2O2S/c1-4-14(5-2)17-10-6-7-12(16-3)11(8-10)13-9-15/h6-9H,4-5H2,1-3H3,(H,13,15). The number of anilines is 1. The highest BCUT2D eigenvalue weighted by atomic mass is 32.2. The zero-order valence-electron chi connectivity index (χ0n) is 10.4. The average Bonchev–Trinajstić information content (AvgIpc) is 2.36. The molecule has 0 spiro atoms. The van der Waals surface area contributed by atoms with Gasteiger partial charge >= 0.3 is 0 Å². The van der Waals surface area contributed by atoms with Gasteiger partial charge in [-0.3, -0.25) is 4.79 Å². The van der Waals surface area contributed by atoms with Crippen LogP contribution in [0.5, 0.6) is 5.75 Å². The molecule has 0 radical (unpaired) electrons. The Morgan fingerprint density at radius 3 is 2.65 bits per heavy atom. The molecule has 4 nitrogen and oxygen atoms in total. The number of nitrogens with one attached hydrogen (secondary N) is 1. The van der Waals surface area contributed by atoms with Crippen molar-refractivity contribution in [2.24, 2.45) is 0 Å². The molecule has 0 unspecified atom stereocenters. The Kier molecular flexibility index (Phi) is 5.86. The Morgan fingerprint density at radius 2 is 2.12 bits per heavy atom. The van der Waals surface area contributed by atoms with Crippen LogP contribution in [0.15, 0.2) is 23.1 Å². The van der Waals surface area contributed by atoms with E-state index in [0.29, 0.717) is 17.8 Å². The highest BCUT2D eigenvalue weighted by Crippen LogP contribution is 2.31. The van der Waals surface area contributed by atoms with Gasteiger partial charge in [-0.15, -0.1) is 0 Å². The van der Waals surface area contributed by atoms with Crippen molar-refractivity contribution in [2.45, 2.75) is 18.7 Å². The van der Waals surface area contributed by atoms with Crippen LogP contribution in [-0.4, -0.2) is 30.9 Å². The van der Waals surface area contributed by atoms with E-state index in [1.165, 1.54) is 0 Å². The van der Waals surface area contributed by atoms with E-state index in [9.17, 15) is 4.79 Å². The summed E-state index contributed by atoms with van der Waals surface area (Å²) in [6, 6.07) is 5.76. The van der Waals surface area contributed by atoms with E-state index >= 15 is 0 Å². The largest absolute Gasteiger partial charge is 0.495 e. The van der Waals surface area contributed by atoms with E-state index < -0.39 is 0 Å². The van der Waals surface area contributed by atoms with Crippen molar-refractivity contribution < 1.29 is 9.53 Å². The van der Waals surface area contributed by atoms with Gasteiger partial charge in [0.1, 0.15) is 5.75 Å². The molecule has 0 aliphatic heterocycles. The minimum atomic E-state index is 0.656. The number of hydrogen-bond donors (Lipinski definition) is 1. The van der Waals surface area contributed by atoms with Gasteiger partial charge in [-0.25, -0.2) is 4.31 Å². The fourth-order valence-corrected chi connectivity index (χ4v) is 2.28. The number of carbonyl (C=O) groups is 1. The van der Waals surface area contributed by atoms with Crippen LogP contribution >= 0.6 is 11.9 Å². The second-order valence-electron chi connectivity index (χ2n) is 3.33. The molecular weight excluding hydrogens is 236 g/mol. The molecule has 0 fully saturated rings. The molecule has 0 saturated carbocycles. The number of rotatable bonds is 7. The van der Waals surface area contributed by atoms with Crippen LogP contribution in [0.4, 0.5) is 5.69 Å². The quantitative estimate of drug-likeness (QED) is 0.600. The van der Waals surface area contributed by atoms with Gasteiger partial charge in [0.25, 0.3) is 0 Å².